The fourth-order valence-electron chi connectivity index (χ4n) is 1.33. The molecule has 0 saturated heterocycles. The molecule has 17 heavy (non-hydrogen) atoms. The average Bonchev–Trinajstić information content (AvgIpc) is 2.76. The van der Waals surface area contributed by atoms with Gasteiger partial charge in [0, 0.05) is 18.1 Å². The molecule has 0 unspecified atom stereocenters. The summed E-state index contributed by atoms with van der Waals surface area (Å²) in [6.07, 6.45) is 1.65. The summed E-state index contributed by atoms with van der Waals surface area (Å²) in [5, 5.41) is 24.0. The van der Waals surface area contributed by atoms with Crippen LogP contribution in [-0.2, 0) is 7.05 Å². The summed E-state index contributed by atoms with van der Waals surface area (Å²) in [7, 11) is 1.71. The summed E-state index contributed by atoms with van der Waals surface area (Å²) in [5.74, 6) is 0.528. The van der Waals surface area contributed by atoms with Gasteiger partial charge in [0.25, 0.3) is 0 Å². The van der Waals surface area contributed by atoms with Gasteiger partial charge in [-0.15, -0.1) is 5.10 Å². The molecule has 0 amide bonds. The Morgan fingerprint density at radius 1 is 1.41 bits per heavy atom. The first kappa shape index (κ1) is 10.8. The predicted octanol–water partition coefficient (Wildman–Crippen LogP) is 1.58. The van der Waals surface area contributed by atoms with Gasteiger partial charge < -0.3 is 5.21 Å². The van der Waals surface area contributed by atoms with Crippen molar-refractivity contribution in [3.63, 3.8) is 0 Å². The third kappa shape index (κ3) is 2.46. The molecule has 0 spiro atoms. The van der Waals surface area contributed by atoms with E-state index in [1.165, 1.54) is 4.68 Å². The second-order valence-corrected chi connectivity index (χ2v) is 3.29. The average molecular weight is 227 g/mol. The van der Waals surface area contributed by atoms with Crippen molar-refractivity contribution >= 4 is 11.6 Å². The number of tetrazole rings is 1. The van der Waals surface area contributed by atoms with Crippen LogP contribution in [-0.4, -0.2) is 20.2 Å². The maximum Gasteiger partial charge on any atom is 0.337 e. The van der Waals surface area contributed by atoms with E-state index in [0.29, 0.717) is 11.4 Å². The number of aryl methyl sites for hydroxylation is 1. The van der Waals surface area contributed by atoms with Gasteiger partial charge >= 0.3 is 6.07 Å². The lowest BCUT2D eigenvalue weighted by Crippen LogP contribution is -1.94. The van der Waals surface area contributed by atoms with Crippen LogP contribution < -0.4 is 0 Å². The third-order valence-electron chi connectivity index (χ3n) is 2.18. The normalized spacial score (nSPS) is 10.8. The summed E-state index contributed by atoms with van der Waals surface area (Å²) in [4.78, 5) is 0. The lowest BCUT2D eigenvalue weighted by atomic mass is 10.1. The highest BCUT2D eigenvalue weighted by Crippen LogP contribution is 2.15. The standard InChI is InChI=1S/C11H9N5O/c1-16-11(13-14-15-16)7-10(8-12-17)9-5-3-2-4-6-9/h2-7H,1H3/b10-7+. The molecule has 1 aromatic heterocycles. The van der Waals surface area contributed by atoms with E-state index >= 15 is 0 Å². The van der Waals surface area contributed by atoms with Gasteiger partial charge in [0.05, 0.1) is 0 Å². The van der Waals surface area contributed by atoms with Gasteiger partial charge in [0.15, 0.2) is 5.82 Å². The molecule has 6 heteroatoms. The van der Waals surface area contributed by atoms with Crippen LogP contribution in [0.3, 0.4) is 0 Å². The lowest BCUT2D eigenvalue weighted by molar-refractivity contribution is 0.706. The fourth-order valence-corrected chi connectivity index (χ4v) is 1.33. The minimum Gasteiger partial charge on any atom is -0.498 e. The number of hydrogen-bond acceptors (Lipinski definition) is 4. The van der Waals surface area contributed by atoms with Crippen molar-refractivity contribution in [1.29, 1.82) is 0 Å². The van der Waals surface area contributed by atoms with E-state index in [0.717, 1.165) is 5.56 Å². The minimum absolute atomic E-state index is 0.528. The highest BCUT2D eigenvalue weighted by molar-refractivity contribution is 5.89. The van der Waals surface area contributed by atoms with Crippen LogP contribution in [0.25, 0.3) is 16.7 Å². The molecule has 2 aromatic rings. The van der Waals surface area contributed by atoms with E-state index < -0.39 is 0 Å². The predicted molar refractivity (Wildman–Crippen MR) is 63.7 cm³/mol. The highest BCUT2D eigenvalue weighted by Gasteiger charge is 2.07. The largest absolute Gasteiger partial charge is 0.498 e. The van der Waals surface area contributed by atoms with Crippen LogP contribution in [0.2, 0.25) is 0 Å². The van der Waals surface area contributed by atoms with Gasteiger partial charge in [-0.1, -0.05) is 30.3 Å². The second kappa shape index (κ2) is 4.90. The summed E-state index contributed by atoms with van der Waals surface area (Å²) >= 11 is 0. The van der Waals surface area contributed by atoms with Crippen molar-refractivity contribution < 1.29 is 0 Å². The van der Waals surface area contributed by atoms with Gasteiger partial charge in [-0.3, -0.25) is 0 Å². The van der Waals surface area contributed by atoms with Gasteiger partial charge in [0.1, 0.15) is 5.57 Å². The molecule has 0 aliphatic rings. The van der Waals surface area contributed by atoms with Crippen LogP contribution in [0.4, 0.5) is 0 Å². The SMILES string of the molecule is Cn1nnnc1/C=C(\C#[N+][O-])c1ccccc1. The van der Waals surface area contributed by atoms with Crippen molar-refractivity contribution in [2.75, 3.05) is 0 Å². The Kier molecular flexibility index (Phi) is 3.12. The van der Waals surface area contributed by atoms with Crippen molar-refractivity contribution in [2.45, 2.75) is 0 Å². The number of nitrogens with zero attached hydrogens (tertiary/aromatic N) is 5. The van der Waals surface area contributed by atoms with Crippen LogP contribution in [0.5, 0.6) is 0 Å². The van der Waals surface area contributed by atoms with Crippen LogP contribution in [0.15, 0.2) is 30.3 Å². The summed E-state index contributed by atoms with van der Waals surface area (Å²) < 4.78 is 1.50. The highest BCUT2D eigenvalue weighted by atomic mass is 16.4. The van der Waals surface area contributed by atoms with E-state index in [1.54, 1.807) is 13.1 Å². The molecule has 0 radical (unpaired) electrons. The monoisotopic (exact) mass is 227 g/mol. The molecular formula is C11H9N5O. The van der Waals surface area contributed by atoms with E-state index in [9.17, 15) is 5.21 Å². The Morgan fingerprint density at radius 2 is 2.18 bits per heavy atom. The molecule has 0 N–H and O–H groups in total. The molecule has 84 valence electrons. The quantitative estimate of drug-likeness (QED) is 0.576. The van der Waals surface area contributed by atoms with Gasteiger partial charge in [-0.25, -0.2) is 4.68 Å². The Hall–Kier alpha value is -2.68. The third-order valence-corrected chi connectivity index (χ3v) is 2.18. The van der Waals surface area contributed by atoms with E-state index in [-0.39, 0.29) is 0 Å². The van der Waals surface area contributed by atoms with Crippen LogP contribution in [0.1, 0.15) is 11.4 Å². The molecule has 1 aromatic carbocycles. The molecule has 2 rings (SSSR count). The Morgan fingerprint density at radius 3 is 2.76 bits per heavy atom. The maximum atomic E-state index is 10.3. The summed E-state index contributed by atoms with van der Waals surface area (Å²) in [5.41, 5.74) is 1.37. The zero-order chi connectivity index (χ0) is 12.1. The molecule has 0 bridgehead atoms. The van der Waals surface area contributed by atoms with Crippen molar-refractivity contribution in [3.8, 4) is 6.07 Å². The molecule has 1 heterocycles. The van der Waals surface area contributed by atoms with Crippen molar-refractivity contribution in [2.24, 2.45) is 7.05 Å². The zero-order valence-corrected chi connectivity index (χ0v) is 9.11. The molecule has 6 nitrogen and oxygen atoms in total. The Balaban J connectivity index is 2.46. The molecule has 0 aliphatic heterocycles. The molecule has 0 saturated carbocycles. The fraction of sp³-hybridized carbons (Fsp3) is 0.0909. The number of hydrogen-bond donors (Lipinski definition) is 0. The first-order chi connectivity index (χ1) is 8.31. The summed E-state index contributed by atoms with van der Waals surface area (Å²) in [6.45, 7) is 0. The van der Waals surface area contributed by atoms with E-state index in [2.05, 4.69) is 26.6 Å². The number of aromatic nitrogens is 4. The van der Waals surface area contributed by atoms with E-state index in [4.69, 9.17) is 0 Å². The van der Waals surface area contributed by atoms with Gasteiger partial charge in [-0.2, -0.15) is 0 Å². The van der Waals surface area contributed by atoms with Crippen LogP contribution >= 0.6 is 0 Å². The first-order valence-corrected chi connectivity index (χ1v) is 4.89. The number of allylic oxidation sites excluding steroid dienone is 1. The van der Waals surface area contributed by atoms with Crippen molar-refractivity contribution in [1.82, 2.24) is 20.2 Å². The molecule has 0 fully saturated rings. The number of rotatable bonds is 2. The van der Waals surface area contributed by atoms with Gasteiger partial charge in [0.2, 0.25) is 0 Å². The zero-order valence-electron chi connectivity index (χ0n) is 9.11. The van der Waals surface area contributed by atoms with Crippen molar-refractivity contribution in [3.05, 3.63) is 51.9 Å². The van der Waals surface area contributed by atoms with Crippen LogP contribution in [0, 0.1) is 11.3 Å². The number of benzene rings is 1. The Labute approximate surface area is 97.6 Å². The first-order valence-electron chi connectivity index (χ1n) is 4.89. The second-order valence-electron chi connectivity index (χ2n) is 3.29. The lowest BCUT2D eigenvalue weighted by Gasteiger charge is -1.95. The minimum atomic E-state index is 0.528. The molecule has 0 aliphatic carbocycles. The maximum absolute atomic E-state index is 10.3. The molecular weight excluding hydrogens is 218 g/mol. The molecule has 0 atom stereocenters. The van der Waals surface area contributed by atoms with E-state index in [1.807, 2.05) is 30.3 Å². The topological polar surface area (TPSA) is 71.0 Å². The summed E-state index contributed by atoms with van der Waals surface area (Å²) in [6, 6.07) is 11.7. The van der Waals surface area contributed by atoms with Gasteiger partial charge in [-0.05, 0) is 16.0 Å². The Bertz CT molecular complexity index is 591. The smallest absolute Gasteiger partial charge is 0.337 e.